The second kappa shape index (κ2) is 12.7. The number of nitrogens with zero attached hydrogens (tertiary/aromatic N) is 3. The van der Waals surface area contributed by atoms with Gasteiger partial charge in [-0.2, -0.15) is 0 Å². The molecule has 0 bridgehead atoms. The average Bonchev–Trinajstić information content (AvgIpc) is 3.26. The van der Waals surface area contributed by atoms with Crippen molar-refractivity contribution in [3.63, 3.8) is 0 Å². The fraction of sp³-hybridized carbons (Fsp3) is 0.458. The van der Waals surface area contributed by atoms with Crippen LogP contribution in [-0.4, -0.2) is 71.9 Å². The molecule has 3 rings (SSSR count). The van der Waals surface area contributed by atoms with Gasteiger partial charge in [0.05, 0.1) is 25.9 Å². The van der Waals surface area contributed by atoms with E-state index in [0.717, 1.165) is 54.8 Å². The third kappa shape index (κ3) is 6.41. The predicted octanol–water partition coefficient (Wildman–Crippen LogP) is 3.37. The highest BCUT2D eigenvalue weighted by atomic mass is 127. The van der Waals surface area contributed by atoms with Gasteiger partial charge in [0.15, 0.2) is 5.96 Å². The smallest absolute Gasteiger partial charge is 0.191 e. The van der Waals surface area contributed by atoms with Gasteiger partial charge in [-0.1, -0.05) is 30.3 Å². The summed E-state index contributed by atoms with van der Waals surface area (Å²) < 4.78 is 11.1. The molecule has 0 aromatic heterocycles. The van der Waals surface area contributed by atoms with E-state index in [2.05, 4.69) is 57.7 Å². The van der Waals surface area contributed by atoms with Crippen LogP contribution in [0.25, 0.3) is 0 Å². The number of halogens is 1. The molecule has 2 aromatic carbocycles. The lowest BCUT2D eigenvalue weighted by atomic mass is 10.0. The predicted molar refractivity (Wildman–Crippen MR) is 143 cm³/mol. The minimum absolute atomic E-state index is 0. The van der Waals surface area contributed by atoms with Crippen LogP contribution < -0.4 is 25.0 Å². The second-order valence-corrected chi connectivity index (χ2v) is 7.92. The SMILES string of the molecule is CN=C(NCC(c1ccccc1OC)N(C)C)NC1CCN(c2ccccc2OC)C1.I. The largest absolute Gasteiger partial charge is 0.496 e. The minimum Gasteiger partial charge on any atom is -0.496 e. The summed E-state index contributed by atoms with van der Waals surface area (Å²) in [5.41, 5.74) is 2.29. The summed E-state index contributed by atoms with van der Waals surface area (Å²) in [4.78, 5) is 9.01. The Morgan fingerprint density at radius 3 is 2.41 bits per heavy atom. The number of likely N-dealkylation sites (N-methyl/N-ethyl adjacent to an activating group) is 1. The van der Waals surface area contributed by atoms with Crippen LogP contribution in [0.4, 0.5) is 5.69 Å². The summed E-state index contributed by atoms with van der Waals surface area (Å²) in [7, 11) is 9.41. The molecule has 1 fully saturated rings. The fourth-order valence-electron chi connectivity index (χ4n) is 4.08. The molecular formula is C24H36IN5O2. The van der Waals surface area contributed by atoms with E-state index in [1.807, 2.05) is 37.4 Å². The number of anilines is 1. The van der Waals surface area contributed by atoms with E-state index < -0.39 is 0 Å². The number of benzene rings is 2. The molecule has 1 saturated heterocycles. The van der Waals surface area contributed by atoms with Crippen LogP contribution in [0.3, 0.4) is 0 Å². The molecule has 2 N–H and O–H groups in total. The number of guanidine groups is 1. The van der Waals surface area contributed by atoms with Crippen LogP contribution in [0.2, 0.25) is 0 Å². The van der Waals surface area contributed by atoms with Gasteiger partial charge >= 0.3 is 0 Å². The van der Waals surface area contributed by atoms with Gasteiger partial charge in [-0.25, -0.2) is 0 Å². The summed E-state index contributed by atoms with van der Waals surface area (Å²) in [6.07, 6.45) is 1.04. The van der Waals surface area contributed by atoms with Crippen molar-refractivity contribution in [3.05, 3.63) is 54.1 Å². The lowest BCUT2D eigenvalue weighted by Crippen LogP contribution is -2.46. The van der Waals surface area contributed by atoms with Crippen molar-refractivity contribution in [2.75, 3.05) is 59.9 Å². The first-order chi connectivity index (χ1) is 15.1. The lowest BCUT2D eigenvalue weighted by Gasteiger charge is -2.28. The van der Waals surface area contributed by atoms with Crippen molar-refractivity contribution in [2.24, 2.45) is 4.99 Å². The molecule has 0 aliphatic carbocycles. The Morgan fingerprint density at radius 1 is 1.09 bits per heavy atom. The highest BCUT2D eigenvalue weighted by molar-refractivity contribution is 14.0. The molecule has 0 saturated carbocycles. The Labute approximate surface area is 209 Å². The maximum Gasteiger partial charge on any atom is 0.191 e. The molecule has 1 aliphatic heterocycles. The number of aliphatic imine (C=N–C) groups is 1. The van der Waals surface area contributed by atoms with E-state index in [0.29, 0.717) is 6.04 Å². The van der Waals surface area contributed by atoms with Gasteiger partial charge in [0.25, 0.3) is 0 Å². The third-order valence-electron chi connectivity index (χ3n) is 5.76. The maximum absolute atomic E-state index is 5.57. The lowest BCUT2D eigenvalue weighted by molar-refractivity contribution is 0.287. The summed E-state index contributed by atoms with van der Waals surface area (Å²) in [6.45, 7) is 2.61. The summed E-state index contributed by atoms with van der Waals surface area (Å²) in [5.74, 6) is 2.62. The zero-order valence-corrected chi connectivity index (χ0v) is 22.0. The van der Waals surface area contributed by atoms with Crippen LogP contribution in [0.1, 0.15) is 18.0 Å². The van der Waals surface area contributed by atoms with Crippen LogP contribution in [0, 0.1) is 0 Å². The molecule has 32 heavy (non-hydrogen) atoms. The Kier molecular flexibility index (Phi) is 10.4. The van der Waals surface area contributed by atoms with Gasteiger partial charge in [-0.3, -0.25) is 4.99 Å². The highest BCUT2D eigenvalue weighted by Gasteiger charge is 2.26. The molecule has 2 atom stereocenters. The molecule has 0 amide bonds. The van der Waals surface area contributed by atoms with E-state index in [1.165, 1.54) is 0 Å². The van der Waals surface area contributed by atoms with E-state index in [-0.39, 0.29) is 30.0 Å². The van der Waals surface area contributed by atoms with Crippen LogP contribution >= 0.6 is 24.0 Å². The normalized spacial score (nSPS) is 17.0. The molecule has 8 heteroatoms. The number of hydrogen-bond donors (Lipinski definition) is 2. The Bertz CT molecular complexity index is 877. The zero-order valence-electron chi connectivity index (χ0n) is 19.7. The van der Waals surface area contributed by atoms with Crippen molar-refractivity contribution in [2.45, 2.75) is 18.5 Å². The highest BCUT2D eigenvalue weighted by Crippen LogP contribution is 2.30. The van der Waals surface area contributed by atoms with E-state index in [4.69, 9.17) is 9.47 Å². The van der Waals surface area contributed by atoms with Crippen LogP contribution in [0.5, 0.6) is 11.5 Å². The first-order valence-corrected chi connectivity index (χ1v) is 10.7. The van der Waals surface area contributed by atoms with Gasteiger partial charge < -0.3 is 29.9 Å². The molecule has 2 unspecified atom stereocenters. The monoisotopic (exact) mass is 553 g/mol. The van der Waals surface area contributed by atoms with Gasteiger partial charge in [0, 0.05) is 38.3 Å². The number of rotatable bonds is 8. The third-order valence-corrected chi connectivity index (χ3v) is 5.76. The molecule has 1 aliphatic rings. The molecule has 2 aromatic rings. The van der Waals surface area contributed by atoms with Crippen molar-refractivity contribution >= 4 is 35.6 Å². The molecule has 1 heterocycles. The summed E-state index contributed by atoms with van der Waals surface area (Å²) in [6, 6.07) is 16.8. The standard InChI is InChI=1S/C24H35N5O2.HI/c1-25-24(26-16-21(28(2)3)19-10-6-8-12-22(19)30-4)27-18-14-15-29(17-18)20-11-7-9-13-23(20)31-5;/h6-13,18,21H,14-17H2,1-5H3,(H2,25,26,27);1H. The Balaban J connectivity index is 0.00000363. The van der Waals surface area contributed by atoms with Crippen molar-refractivity contribution in [1.82, 2.24) is 15.5 Å². The average molecular weight is 553 g/mol. The molecule has 0 spiro atoms. The number of methoxy groups -OCH3 is 2. The first kappa shape index (κ1) is 26.1. The van der Waals surface area contributed by atoms with Gasteiger partial charge in [0.2, 0.25) is 0 Å². The minimum atomic E-state index is 0. The Hall–Kier alpha value is -2.20. The summed E-state index contributed by atoms with van der Waals surface area (Å²) >= 11 is 0. The maximum atomic E-state index is 5.57. The molecular weight excluding hydrogens is 517 g/mol. The van der Waals surface area contributed by atoms with E-state index >= 15 is 0 Å². The number of nitrogens with one attached hydrogen (secondary N) is 2. The number of hydrogen-bond acceptors (Lipinski definition) is 5. The molecule has 176 valence electrons. The quantitative estimate of drug-likeness (QED) is 0.297. The second-order valence-electron chi connectivity index (χ2n) is 7.92. The zero-order chi connectivity index (χ0) is 22.2. The van der Waals surface area contributed by atoms with Gasteiger partial charge in [0.1, 0.15) is 11.5 Å². The summed E-state index contributed by atoms with van der Waals surface area (Å²) in [5, 5.41) is 7.09. The topological polar surface area (TPSA) is 61.4 Å². The van der Waals surface area contributed by atoms with E-state index in [9.17, 15) is 0 Å². The first-order valence-electron chi connectivity index (χ1n) is 10.7. The van der Waals surface area contributed by atoms with Gasteiger partial charge in [-0.15, -0.1) is 24.0 Å². The number of para-hydroxylation sites is 3. The van der Waals surface area contributed by atoms with Crippen LogP contribution in [-0.2, 0) is 0 Å². The van der Waals surface area contributed by atoms with E-state index in [1.54, 1.807) is 14.2 Å². The molecule has 7 nitrogen and oxygen atoms in total. The van der Waals surface area contributed by atoms with Crippen molar-refractivity contribution < 1.29 is 9.47 Å². The van der Waals surface area contributed by atoms with Crippen molar-refractivity contribution in [1.29, 1.82) is 0 Å². The fourth-order valence-corrected chi connectivity index (χ4v) is 4.08. The Morgan fingerprint density at radius 2 is 1.75 bits per heavy atom. The number of ether oxygens (including phenoxy) is 2. The molecule has 0 radical (unpaired) electrons. The van der Waals surface area contributed by atoms with Crippen molar-refractivity contribution in [3.8, 4) is 11.5 Å². The van der Waals surface area contributed by atoms with Crippen LogP contribution in [0.15, 0.2) is 53.5 Å². The van der Waals surface area contributed by atoms with Gasteiger partial charge in [-0.05, 0) is 38.7 Å².